The van der Waals surface area contributed by atoms with Crippen LogP contribution in [0.5, 0.6) is 0 Å². The molecule has 10 heteroatoms. The van der Waals surface area contributed by atoms with E-state index in [9.17, 15) is 9.59 Å². The van der Waals surface area contributed by atoms with Crippen molar-refractivity contribution in [3.05, 3.63) is 63.5 Å². The fourth-order valence-corrected chi connectivity index (χ4v) is 3.89. The van der Waals surface area contributed by atoms with Crippen LogP contribution in [0.3, 0.4) is 0 Å². The number of rotatable bonds is 3. The van der Waals surface area contributed by atoms with Gasteiger partial charge in [0.15, 0.2) is 5.82 Å². The lowest BCUT2D eigenvalue weighted by atomic mass is 10.2. The molecule has 0 bridgehead atoms. The van der Waals surface area contributed by atoms with Gasteiger partial charge in [-0.15, -0.1) is 10.2 Å². The average molecular weight is 406 g/mol. The molecule has 0 atom stereocenters. The molecule has 30 heavy (non-hydrogen) atoms. The van der Waals surface area contributed by atoms with E-state index in [0.29, 0.717) is 17.6 Å². The van der Waals surface area contributed by atoms with Crippen LogP contribution < -0.4 is 16.0 Å². The van der Waals surface area contributed by atoms with Crippen molar-refractivity contribution in [2.45, 2.75) is 6.54 Å². The van der Waals surface area contributed by atoms with Crippen molar-refractivity contribution < 1.29 is 0 Å². The SMILES string of the molecule is Cn1cnc2cc(N3CCN(Cc4nnc5c(=O)n(C)ccn45)CC3)ccc2c1=O. The Morgan fingerprint density at radius 1 is 0.933 bits per heavy atom. The van der Waals surface area contributed by atoms with Gasteiger partial charge in [0, 0.05) is 58.4 Å². The van der Waals surface area contributed by atoms with Crippen molar-refractivity contribution in [1.29, 1.82) is 0 Å². The zero-order chi connectivity index (χ0) is 20.8. The van der Waals surface area contributed by atoms with Gasteiger partial charge in [-0.3, -0.25) is 18.9 Å². The average Bonchev–Trinajstić information content (AvgIpc) is 3.17. The first kappa shape index (κ1) is 18.5. The molecule has 0 saturated carbocycles. The van der Waals surface area contributed by atoms with Gasteiger partial charge in [-0.25, -0.2) is 4.98 Å². The molecular weight excluding hydrogens is 384 g/mol. The normalized spacial score (nSPS) is 15.3. The molecule has 0 aliphatic carbocycles. The summed E-state index contributed by atoms with van der Waals surface area (Å²) >= 11 is 0. The fraction of sp³-hybridized carbons (Fsp3) is 0.350. The highest BCUT2D eigenvalue weighted by Gasteiger charge is 2.20. The lowest BCUT2D eigenvalue weighted by Gasteiger charge is -2.35. The molecule has 4 aromatic rings. The predicted molar refractivity (Wildman–Crippen MR) is 113 cm³/mol. The third kappa shape index (κ3) is 3.05. The van der Waals surface area contributed by atoms with E-state index in [4.69, 9.17) is 0 Å². The summed E-state index contributed by atoms with van der Waals surface area (Å²) in [6.45, 7) is 4.07. The Bertz CT molecular complexity index is 1360. The number of fused-ring (bicyclic) bond motifs is 2. The van der Waals surface area contributed by atoms with Crippen LogP contribution in [0.15, 0.2) is 46.5 Å². The minimum atomic E-state index is -0.152. The summed E-state index contributed by atoms with van der Waals surface area (Å²) < 4.78 is 4.76. The van der Waals surface area contributed by atoms with Crippen molar-refractivity contribution in [2.75, 3.05) is 31.1 Å². The van der Waals surface area contributed by atoms with E-state index in [1.54, 1.807) is 31.0 Å². The summed E-state index contributed by atoms with van der Waals surface area (Å²) in [5.41, 5.74) is 1.95. The second kappa shape index (κ2) is 7.06. The summed E-state index contributed by atoms with van der Waals surface area (Å²) in [7, 11) is 3.41. The maximum absolute atomic E-state index is 12.2. The second-order valence-electron chi connectivity index (χ2n) is 7.65. The molecule has 0 amide bonds. The Labute approximate surface area is 171 Å². The van der Waals surface area contributed by atoms with Gasteiger partial charge < -0.3 is 14.0 Å². The minimum Gasteiger partial charge on any atom is -0.369 e. The Hall–Kier alpha value is -3.53. The van der Waals surface area contributed by atoms with Gasteiger partial charge in [-0.05, 0) is 18.2 Å². The van der Waals surface area contributed by atoms with Gasteiger partial charge in [0.2, 0.25) is 5.65 Å². The summed E-state index contributed by atoms with van der Waals surface area (Å²) in [5.74, 6) is 0.766. The van der Waals surface area contributed by atoms with Crippen LogP contribution in [-0.4, -0.2) is 59.8 Å². The number of aryl methyl sites for hydroxylation is 2. The first-order valence-electron chi connectivity index (χ1n) is 9.83. The van der Waals surface area contributed by atoms with Crippen molar-refractivity contribution in [3.63, 3.8) is 0 Å². The number of hydrogen-bond acceptors (Lipinski definition) is 7. The highest BCUT2D eigenvalue weighted by molar-refractivity contribution is 5.81. The number of anilines is 1. The molecule has 0 radical (unpaired) electrons. The van der Waals surface area contributed by atoms with Crippen molar-refractivity contribution >= 4 is 22.2 Å². The van der Waals surface area contributed by atoms with Gasteiger partial charge in [-0.1, -0.05) is 0 Å². The third-order valence-electron chi connectivity index (χ3n) is 5.72. The van der Waals surface area contributed by atoms with Crippen molar-refractivity contribution in [3.8, 4) is 0 Å². The lowest BCUT2D eigenvalue weighted by Crippen LogP contribution is -2.46. The molecule has 5 rings (SSSR count). The second-order valence-corrected chi connectivity index (χ2v) is 7.65. The molecule has 1 aliphatic heterocycles. The molecule has 0 unspecified atom stereocenters. The molecule has 1 saturated heterocycles. The first-order chi connectivity index (χ1) is 14.5. The van der Waals surface area contributed by atoms with Gasteiger partial charge in [0.25, 0.3) is 11.1 Å². The largest absolute Gasteiger partial charge is 0.369 e. The van der Waals surface area contributed by atoms with Crippen LogP contribution in [-0.2, 0) is 20.6 Å². The van der Waals surface area contributed by atoms with Crippen LogP contribution in [0.4, 0.5) is 5.69 Å². The minimum absolute atomic E-state index is 0.0354. The van der Waals surface area contributed by atoms with E-state index in [-0.39, 0.29) is 11.1 Å². The van der Waals surface area contributed by atoms with Gasteiger partial charge in [0.1, 0.15) is 0 Å². The molecule has 0 N–H and O–H groups in total. The van der Waals surface area contributed by atoms with E-state index in [1.165, 1.54) is 9.13 Å². The standard InChI is InChI=1S/C20H22N8O2/c1-24-5-10-28-17(22-23-18(28)20(24)30)12-26-6-8-27(9-7-26)14-3-4-15-16(11-14)21-13-25(2)19(15)29/h3-5,10-11,13H,6-9,12H2,1-2H3. The monoisotopic (exact) mass is 406 g/mol. The number of hydrogen-bond donors (Lipinski definition) is 0. The summed E-state index contributed by atoms with van der Waals surface area (Å²) in [5, 5.41) is 8.91. The smallest absolute Gasteiger partial charge is 0.295 e. The molecule has 4 heterocycles. The fourth-order valence-electron chi connectivity index (χ4n) is 3.89. The summed E-state index contributed by atoms with van der Waals surface area (Å²) in [6.07, 6.45) is 5.11. The van der Waals surface area contributed by atoms with Crippen molar-refractivity contribution in [1.82, 2.24) is 33.6 Å². The van der Waals surface area contributed by atoms with Gasteiger partial charge >= 0.3 is 0 Å². The van der Waals surface area contributed by atoms with Crippen LogP contribution in [0.1, 0.15) is 5.82 Å². The molecular formula is C20H22N8O2. The molecule has 1 aromatic carbocycles. The number of piperazine rings is 1. The Balaban J connectivity index is 1.30. The highest BCUT2D eigenvalue weighted by atomic mass is 16.1. The van der Waals surface area contributed by atoms with Crippen molar-refractivity contribution in [2.24, 2.45) is 14.1 Å². The number of aromatic nitrogens is 6. The van der Waals surface area contributed by atoms with E-state index >= 15 is 0 Å². The van der Waals surface area contributed by atoms with E-state index in [2.05, 4.69) is 25.0 Å². The lowest BCUT2D eigenvalue weighted by molar-refractivity contribution is 0.243. The topological polar surface area (TPSA) is 93.6 Å². The van der Waals surface area contributed by atoms with Gasteiger partial charge in [0.05, 0.1) is 23.8 Å². The zero-order valence-electron chi connectivity index (χ0n) is 16.9. The highest BCUT2D eigenvalue weighted by Crippen LogP contribution is 2.21. The summed E-state index contributed by atoms with van der Waals surface area (Å²) in [4.78, 5) is 33.4. The number of nitrogens with zero attached hydrogens (tertiary/aromatic N) is 8. The van der Waals surface area contributed by atoms with Crippen LogP contribution >= 0.6 is 0 Å². The van der Waals surface area contributed by atoms with Crippen LogP contribution in [0.25, 0.3) is 16.6 Å². The predicted octanol–water partition coefficient (Wildman–Crippen LogP) is -0.00290. The van der Waals surface area contributed by atoms with Gasteiger partial charge in [-0.2, -0.15) is 0 Å². The van der Waals surface area contributed by atoms with E-state index < -0.39 is 0 Å². The Kier molecular flexibility index (Phi) is 4.35. The Morgan fingerprint density at radius 3 is 2.53 bits per heavy atom. The molecule has 154 valence electrons. The molecule has 1 fully saturated rings. The molecule has 0 spiro atoms. The molecule has 10 nitrogen and oxygen atoms in total. The van der Waals surface area contributed by atoms with E-state index in [1.807, 2.05) is 24.4 Å². The Morgan fingerprint density at radius 2 is 1.73 bits per heavy atom. The third-order valence-corrected chi connectivity index (χ3v) is 5.72. The molecule has 1 aliphatic rings. The number of benzene rings is 1. The maximum atomic E-state index is 12.2. The quantitative estimate of drug-likeness (QED) is 0.473. The van der Waals surface area contributed by atoms with E-state index in [0.717, 1.165) is 43.2 Å². The maximum Gasteiger partial charge on any atom is 0.295 e. The zero-order valence-corrected chi connectivity index (χ0v) is 16.9. The van der Waals surface area contributed by atoms with Crippen LogP contribution in [0.2, 0.25) is 0 Å². The first-order valence-corrected chi connectivity index (χ1v) is 9.83. The summed E-state index contributed by atoms with van der Waals surface area (Å²) in [6, 6.07) is 5.83. The molecule has 3 aromatic heterocycles. The van der Waals surface area contributed by atoms with Crippen LogP contribution in [0, 0.1) is 0 Å².